The molecule has 0 aliphatic rings. The van der Waals surface area contributed by atoms with Gasteiger partial charge >= 0.3 is 0 Å². The Morgan fingerprint density at radius 2 is 2.15 bits per heavy atom. The minimum atomic E-state index is -0.506. The molecule has 0 radical (unpaired) electrons. The smallest absolute Gasteiger partial charge is 0.292 e. The van der Waals surface area contributed by atoms with Crippen LogP contribution in [0.5, 0.6) is 5.75 Å². The van der Waals surface area contributed by atoms with Crippen molar-refractivity contribution in [2.45, 2.75) is 13.8 Å². The Morgan fingerprint density at radius 3 is 2.70 bits per heavy atom. The molecular weight excluding hydrogens is 262 g/mol. The fourth-order valence-corrected chi connectivity index (χ4v) is 1.50. The molecule has 2 N–H and O–H groups in total. The third-order valence-corrected chi connectivity index (χ3v) is 2.55. The number of nitrogens with one attached hydrogen (secondary N) is 2. The van der Waals surface area contributed by atoms with E-state index in [1.54, 1.807) is 0 Å². The molecule has 1 aromatic carbocycles. The van der Waals surface area contributed by atoms with Gasteiger partial charge in [0.05, 0.1) is 18.6 Å². The van der Waals surface area contributed by atoms with Crippen molar-refractivity contribution in [2.75, 3.05) is 25.5 Å². The molecule has 0 aliphatic heterocycles. The normalized spacial score (nSPS) is 10.2. The number of methoxy groups -OCH3 is 1. The number of hydrogen-bond donors (Lipinski definition) is 2. The van der Waals surface area contributed by atoms with Crippen LogP contribution in [0.1, 0.15) is 13.8 Å². The van der Waals surface area contributed by atoms with E-state index in [4.69, 9.17) is 4.74 Å². The molecule has 0 aromatic heterocycles. The van der Waals surface area contributed by atoms with Gasteiger partial charge in [0.1, 0.15) is 11.4 Å². The van der Waals surface area contributed by atoms with E-state index >= 15 is 0 Å². The molecule has 0 unspecified atom stereocenters. The zero-order valence-corrected chi connectivity index (χ0v) is 11.8. The SMILES string of the molecule is COc1ccc([N+](=O)[O-])c(NCC(=O)NCC(C)C)c1. The summed E-state index contributed by atoms with van der Waals surface area (Å²) in [5.74, 6) is 0.626. The fraction of sp³-hybridized carbons (Fsp3) is 0.462. The van der Waals surface area contributed by atoms with Gasteiger partial charge in [-0.15, -0.1) is 0 Å². The Hall–Kier alpha value is -2.31. The fourth-order valence-electron chi connectivity index (χ4n) is 1.50. The first kappa shape index (κ1) is 15.7. The summed E-state index contributed by atoms with van der Waals surface area (Å²) in [4.78, 5) is 22.0. The summed E-state index contributed by atoms with van der Waals surface area (Å²) >= 11 is 0. The minimum Gasteiger partial charge on any atom is -0.497 e. The van der Waals surface area contributed by atoms with Gasteiger partial charge in [-0.1, -0.05) is 13.8 Å². The number of rotatable bonds is 7. The number of amides is 1. The lowest BCUT2D eigenvalue weighted by Gasteiger charge is -2.10. The largest absolute Gasteiger partial charge is 0.497 e. The maximum absolute atomic E-state index is 11.6. The van der Waals surface area contributed by atoms with Crippen molar-refractivity contribution >= 4 is 17.3 Å². The molecule has 1 amide bonds. The highest BCUT2D eigenvalue weighted by molar-refractivity contribution is 5.81. The maximum atomic E-state index is 11.6. The summed E-state index contributed by atoms with van der Waals surface area (Å²) < 4.78 is 5.01. The van der Waals surface area contributed by atoms with E-state index in [1.807, 2.05) is 13.8 Å². The molecular formula is C13H19N3O4. The highest BCUT2D eigenvalue weighted by Crippen LogP contribution is 2.28. The van der Waals surface area contributed by atoms with E-state index in [-0.39, 0.29) is 23.8 Å². The average molecular weight is 281 g/mol. The first-order valence-electron chi connectivity index (χ1n) is 6.27. The van der Waals surface area contributed by atoms with E-state index in [0.717, 1.165) is 0 Å². The van der Waals surface area contributed by atoms with E-state index in [0.29, 0.717) is 18.2 Å². The Labute approximate surface area is 117 Å². The molecule has 110 valence electrons. The van der Waals surface area contributed by atoms with Crippen LogP contribution >= 0.6 is 0 Å². The molecule has 0 bridgehead atoms. The number of hydrogen-bond acceptors (Lipinski definition) is 5. The van der Waals surface area contributed by atoms with Gasteiger partial charge in [0.15, 0.2) is 0 Å². The zero-order chi connectivity index (χ0) is 15.1. The van der Waals surface area contributed by atoms with Crippen molar-refractivity contribution in [3.8, 4) is 5.75 Å². The molecule has 20 heavy (non-hydrogen) atoms. The summed E-state index contributed by atoms with van der Waals surface area (Å²) in [5, 5.41) is 16.4. The second kappa shape index (κ2) is 7.32. The summed E-state index contributed by atoms with van der Waals surface area (Å²) in [5.41, 5.74) is 0.163. The Morgan fingerprint density at radius 1 is 1.45 bits per heavy atom. The van der Waals surface area contributed by atoms with E-state index in [9.17, 15) is 14.9 Å². The number of benzene rings is 1. The van der Waals surface area contributed by atoms with Gasteiger partial charge in [-0.3, -0.25) is 14.9 Å². The zero-order valence-electron chi connectivity index (χ0n) is 11.8. The summed E-state index contributed by atoms with van der Waals surface area (Å²) in [6.45, 7) is 4.52. The molecule has 0 heterocycles. The van der Waals surface area contributed by atoms with Crippen LogP contribution in [0.4, 0.5) is 11.4 Å². The number of nitro groups is 1. The predicted molar refractivity (Wildman–Crippen MR) is 76.0 cm³/mol. The van der Waals surface area contributed by atoms with Gasteiger partial charge in [0.25, 0.3) is 5.69 Å². The molecule has 0 saturated heterocycles. The van der Waals surface area contributed by atoms with Gasteiger partial charge in [-0.25, -0.2) is 0 Å². The maximum Gasteiger partial charge on any atom is 0.292 e. The number of nitro benzene ring substituents is 1. The molecule has 7 nitrogen and oxygen atoms in total. The van der Waals surface area contributed by atoms with Crippen LogP contribution in [0.2, 0.25) is 0 Å². The second-order valence-electron chi connectivity index (χ2n) is 4.69. The molecule has 1 rings (SSSR count). The summed E-state index contributed by atoms with van der Waals surface area (Å²) in [6.07, 6.45) is 0. The quantitative estimate of drug-likeness (QED) is 0.587. The van der Waals surface area contributed by atoms with Crippen molar-refractivity contribution in [2.24, 2.45) is 5.92 Å². The van der Waals surface area contributed by atoms with Gasteiger partial charge < -0.3 is 15.4 Å². The van der Waals surface area contributed by atoms with E-state index < -0.39 is 4.92 Å². The number of ether oxygens (including phenoxy) is 1. The van der Waals surface area contributed by atoms with Crippen molar-refractivity contribution in [1.82, 2.24) is 5.32 Å². The van der Waals surface area contributed by atoms with Crippen molar-refractivity contribution < 1.29 is 14.5 Å². The van der Waals surface area contributed by atoms with Crippen LogP contribution in [0.15, 0.2) is 18.2 Å². The average Bonchev–Trinajstić information content (AvgIpc) is 2.42. The number of carbonyl (C=O) groups excluding carboxylic acids is 1. The first-order chi connectivity index (χ1) is 9.43. The van der Waals surface area contributed by atoms with Crippen LogP contribution < -0.4 is 15.4 Å². The van der Waals surface area contributed by atoms with Crippen molar-refractivity contribution in [1.29, 1.82) is 0 Å². The molecule has 0 saturated carbocycles. The Balaban J connectivity index is 2.70. The third kappa shape index (κ3) is 4.75. The van der Waals surface area contributed by atoms with Crippen molar-refractivity contribution in [3.05, 3.63) is 28.3 Å². The molecule has 1 aromatic rings. The van der Waals surface area contributed by atoms with Crippen LogP contribution in [0.3, 0.4) is 0 Å². The predicted octanol–water partition coefficient (Wildman–Crippen LogP) is 1.79. The van der Waals surface area contributed by atoms with Crippen LogP contribution in [0, 0.1) is 16.0 Å². The monoisotopic (exact) mass is 281 g/mol. The van der Waals surface area contributed by atoms with Gasteiger partial charge in [-0.2, -0.15) is 0 Å². The Kier molecular flexibility index (Phi) is 5.76. The van der Waals surface area contributed by atoms with E-state index in [1.165, 1.54) is 25.3 Å². The molecule has 0 aliphatic carbocycles. The number of anilines is 1. The molecule has 7 heteroatoms. The first-order valence-corrected chi connectivity index (χ1v) is 6.27. The lowest BCUT2D eigenvalue weighted by Crippen LogP contribution is -2.32. The number of nitrogens with zero attached hydrogens (tertiary/aromatic N) is 1. The minimum absolute atomic E-state index is 0.0271. The van der Waals surface area contributed by atoms with Crippen LogP contribution in [0.25, 0.3) is 0 Å². The topological polar surface area (TPSA) is 93.5 Å². The van der Waals surface area contributed by atoms with Crippen molar-refractivity contribution in [3.63, 3.8) is 0 Å². The van der Waals surface area contributed by atoms with Gasteiger partial charge in [0, 0.05) is 18.7 Å². The Bertz CT molecular complexity index is 489. The standard InChI is InChI=1S/C13H19N3O4/c1-9(2)7-15-13(17)8-14-11-6-10(20-3)4-5-12(11)16(18)19/h4-6,9,14H,7-8H2,1-3H3,(H,15,17). The summed E-state index contributed by atoms with van der Waals surface area (Å²) in [7, 11) is 1.47. The highest BCUT2D eigenvalue weighted by Gasteiger charge is 2.15. The lowest BCUT2D eigenvalue weighted by molar-refractivity contribution is -0.384. The molecule has 0 fully saturated rings. The highest BCUT2D eigenvalue weighted by atomic mass is 16.6. The second-order valence-corrected chi connectivity index (χ2v) is 4.69. The lowest BCUT2D eigenvalue weighted by atomic mass is 10.2. The van der Waals surface area contributed by atoms with Gasteiger partial charge in [-0.05, 0) is 12.0 Å². The molecule has 0 atom stereocenters. The summed E-state index contributed by atoms with van der Waals surface area (Å²) in [6, 6.07) is 4.34. The molecule has 0 spiro atoms. The number of carbonyl (C=O) groups is 1. The van der Waals surface area contributed by atoms with Crippen LogP contribution in [-0.4, -0.2) is 31.0 Å². The van der Waals surface area contributed by atoms with Gasteiger partial charge in [0.2, 0.25) is 5.91 Å². The van der Waals surface area contributed by atoms with E-state index in [2.05, 4.69) is 10.6 Å². The third-order valence-electron chi connectivity index (χ3n) is 2.55. The van der Waals surface area contributed by atoms with Crippen LogP contribution in [-0.2, 0) is 4.79 Å².